The standard InChI is InChI=1S/C23H28N2O4/c1-23(2,3)29-22(27)25-12-10-18(11-13-25)16-28-20-8-9-21(24-14-20)19-6-4-17(15-26)5-7-19/h4-9,14-15,18H,10-13,16H2,1-3H3. The number of aldehydes is 1. The highest BCUT2D eigenvalue weighted by Gasteiger charge is 2.27. The van der Waals surface area contributed by atoms with Crippen LogP contribution in [0.5, 0.6) is 5.75 Å². The molecule has 1 aromatic carbocycles. The second-order valence-corrected chi connectivity index (χ2v) is 8.34. The summed E-state index contributed by atoms with van der Waals surface area (Å²) in [5.74, 6) is 1.14. The number of aromatic nitrogens is 1. The number of benzene rings is 1. The summed E-state index contributed by atoms with van der Waals surface area (Å²) < 4.78 is 11.3. The average Bonchev–Trinajstić information content (AvgIpc) is 2.72. The molecule has 0 spiro atoms. The molecule has 2 heterocycles. The first-order valence-corrected chi connectivity index (χ1v) is 9.96. The van der Waals surface area contributed by atoms with Crippen LogP contribution < -0.4 is 4.74 Å². The monoisotopic (exact) mass is 396 g/mol. The molecule has 1 aliphatic rings. The summed E-state index contributed by atoms with van der Waals surface area (Å²) in [5, 5.41) is 0. The Balaban J connectivity index is 1.46. The Morgan fingerprint density at radius 3 is 2.38 bits per heavy atom. The Kier molecular flexibility index (Phi) is 6.52. The first-order chi connectivity index (χ1) is 13.8. The van der Waals surface area contributed by atoms with Crippen LogP contribution in [-0.2, 0) is 4.74 Å². The predicted octanol–water partition coefficient (Wildman–Crippen LogP) is 4.59. The van der Waals surface area contributed by atoms with Gasteiger partial charge in [0.05, 0.1) is 18.5 Å². The number of ether oxygens (including phenoxy) is 2. The molecule has 0 N–H and O–H groups in total. The zero-order valence-electron chi connectivity index (χ0n) is 17.3. The van der Waals surface area contributed by atoms with E-state index in [0.717, 1.165) is 36.1 Å². The Morgan fingerprint density at radius 1 is 1.14 bits per heavy atom. The Morgan fingerprint density at radius 2 is 1.83 bits per heavy atom. The highest BCUT2D eigenvalue weighted by atomic mass is 16.6. The van der Waals surface area contributed by atoms with Gasteiger partial charge in [-0.25, -0.2) is 4.79 Å². The fourth-order valence-corrected chi connectivity index (χ4v) is 3.19. The zero-order chi connectivity index (χ0) is 20.9. The SMILES string of the molecule is CC(C)(C)OC(=O)N1CCC(COc2ccc(-c3ccc(C=O)cc3)nc2)CC1. The van der Waals surface area contributed by atoms with Crippen LogP contribution in [0.1, 0.15) is 44.0 Å². The van der Waals surface area contributed by atoms with E-state index in [4.69, 9.17) is 9.47 Å². The van der Waals surface area contributed by atoms with Gasteiger partial charge in [-0.3, -0.25) is 9.78 Å². The lowest BCUT2D eigenvalue weighted by Gasteiger charge is -2.33. The summed E-state index contributed by atoms with van der Waals surface area (Å²) in [6.45, 7) is 7.63. The molecule has 0 aliphatic carbocycles. The van der Waals surface area contributed by atoms with Crippen molar-refractivity contribution in [2.24, 2.45) is 5.92 Å². The van der Waals surface area contributed by atoms with Gasteiger partial charge >= 0.3 is 6.09 Å². The maximum atomic E-state index is 12.1. The Labute approximate surface area is 171 Å². The first kappa shape index (κ1) is 20.8. The van der Waals surface area contributed by atoms with Gasteiger partial charge in [0.25, 0.3) is 0 Å². The van der Waals surface area contributed by atoms with E-state index in [0.29, 0.717) is 31.2 Å². The number of carbonyl (C=O) groups excluding carboxylic acids is 2. The van der Waals surface area contributed by atoms with Gasteiger partial charge in [0, 0.05) is 24.2 Å². The Hall–Kier alpha value is -2.89. The van der Waals surface area contributed by atoms with Crippen LogP contribution in [0.3, 0.4) is 0 Å². The van der Waals surface area contributed by atoms with Crippen LogP contribution in [0.15, 0.2) is 42.6 Å². The Bertz CT molecular complexity index is 817. The molecule has 0 radical (unpaired) electrons. The van der Waals surface area contributed by atoms with Crippen LogP contribution in [0.25, 0.3) is 11.3 Å². The second kappa shape index (κ2) is 9.07. The minimum Gasteiger partial charge on any atom is -0.492 e. The van der Waals surface area contributed by atoms with E-state index in [2.05, 4.69) is 4.98 Å². The second-order valence-electron chi connectivity index (χ2n) is 8.34. The van der Waals surface area contributed by atoms with E-state index in [1.54, 1.807) is 23.2 Å². The molecule has 3 rings (SSSR count). The van der Waals surface area contributed by atoms with Crippen molar-refractivity contribution in [3.05, 3.63) is 48.2 Å². The number of hydrogen-bond donors (Lipinski definition) is 0. The number of piperidine rings is 1. The highest BCUT2D eigenvalue weighted by molar-refractivity contribution is 5.76. The summed E-state index contributed by atoms with van der Waals surface area (Å²) in [6, 6.07) is 11.1. The summed E-state index contributed by atoms with van der Waals surface area (Å²) in [4.78, 5) is 29.1. The van der Waals surface area contributed by atoms with Gasteiger partial charge in [0.2, 0.25) is 0 Å². The molecule has 0 unspecified atom stereocenters. The number of rotatable bonds is 5. The zero-order valence-corrected chi connectivity index (χ0v) is 17.3. The molecule has 6 heteroatoms. The lowest BCUT2D eigenvalue weighted by molar-refractivity contribution is 0.0165. The molecule has 0 atom stereocenters. The van der Waals surface area contributed by atoms with E-state index in [9.17, 15) is 9.59 Å². The van der Waals surface area contributed by atoms with Gasteiger partial charge in [0.1, 0.15) is 17.6 Å². The molecule has 0 bridgehead atoms. The van der Waals surface area contributed by atoms with Crippen LogP contribution in [0.4, 0.5) is 4.79 Å². The van der Waals surface area contributed by atoms with Crippen molar-refractivity contribution >= 4 is 12.4 Å². The van der Waals surface area contributed by atoms with E-state index >= 15 is 0 Å². The van der Waals surface area contributed by atoms with Crippen molar-refractivity contribution in [1.29, 1.82) is 0 Å². The maximum absolute atomic E-state index is 12.1. The minimum atomic E-state index is -0.466. The maximum Gasteiger partial charge on any atom is 0.410 e. The third kappa shape index (κ3) is 6.04. The molecule has 6 nitrogen and oxygen atoms in total. The quantitative estimate of drug-likeness (QED) is 0.692. The fraction of sp³-hybridized carbons (Fsp3) is 0.435. The number of hydrogen-bond acceptors (Lipinski definition) is 5. The van der Waals surface area contributed by atoms with Gasteiger partial charge in [-0.1, -0.05) is 24.3 Å². The van der Waals surface area contributed by atoms with E-state index in [-0.39, 0.29) is 6.09 Å². The molecule has 154 valence electrons. The fourth-order valence-electron chi connectivity index (χ4n) is 3.19. The van der Waals surface area contributed by atoms with E-state index in [1.165, 1.54) is 0 Å². The molecular formula is C23H28N2O4. The van der Waals surface area contributed by atoms with Crippen LogP contribution in [-0.4, -0.2) is 47.6 Å². The predicted molar refractivity (Wildman–Crippen MR) is 111 cm³/mol. The topological polar surface area (TPSA) is 68.7 Å². The summed E-state index contributed by atoms with van der Waals surface area (Å²) in [7, 11) is 0. The van der Waals surface area contributed by atoms with Crippen molar-refractivity contribution in [2.45, 2.75) is 39.2 Å². The molecule has 1 amide bonds. The summed E-state index contributed by atoms with van der Waals surface area (Å²) >= 11 is 0. The first-order valence-electron chi connectivity index (χ1n) is 9.96. The van der Waals surface area contributed by atoms with E-state index in [1.807, 2.05) is 45.0 Å². The molecule has 1 aromatic heterocycles. The third-order valence-corrected chi connectivity index (χ3v) is 4.83. The lowest BCUT2D eigenvalue weighted by Crippen LogP contribution is -2.42. The molecule has 0 saturated carbocycles. The van der Waals surface area contributed by atoms with E-state index < -0.39 is 5.60 Å². The van der Waals surface area contributed by atoms with Crippen molar-refractivity contribution in [3.8, 4) is 17.0 Å². The van der Waals surface area contributed by atoms with Crippen molar-refractivity contribution in [2.75, 3.05) is 19.7 Å². The molecule has 1 fully saturated rings. The number of nitrogens with zero attached hydrogens (tertiary/aromatic N) is 2. The van der Waals surface area contributed by atoms with Gasteiger partial charge < -0.3 is 14.4 Å². The number of pyridine rings is 1. The van der Waals surface area contributed by atoms with Gasteiger partial charge in [0.15, 0.2) is 0 Å². The van der Waals surface area contributed by atoms with Gasteiger partial charge in [-0.2, -0.15) is 0 Å². The lowest BCUT2D eigenvalue weighted by atomic mass is 9.98. The third-order valence-electron chi connectivity index (χ3n) is 4.83. The highest BCUT2D eigenvalue weighted by Crippen LogP contribution is 2.23. The average molecular weight is 396 g/mol. The van der Waals surface area contributed by atoms with Crippen molar-refractivity contribution in [1.82, 2.24) is 9.88 Å². The number of likely N-dealkylation sites (tertiary alicyclic amines) is 1. The molecular weight excluding hydrogens is 368 g/mol. The van der Waals surface area contributed by atoms with Crippen molar-refractivity contribution in [3.63, 3.8) is 0 Å². The molecule has 29 heavy (non-hydrogen) atoms. The summed E-state index contributed by atoms with van der Waals surface area (Å²) in [5.41, 5.74) is 1.97. The van der Waals surface area contributed by atoms with Gasteiger partial charge in [-0.15, -0.1) is 0 Å². The van der Waals surface area contributed by atoms with Crippen molar-refractivity contribution < 1.29 is 19.1 Å². The molecule has 1 saturated heterocycles. The normalized spacial score (nSPS) is 15.1. The molecule has 1 aliphatic heterocycles. The largest absolute Gasteiger partial charge is 0.492 e. The minimum absolute atomic E-state index is 0.238. The van der Waals surface area contributed by atoms with Crippen LogP contribution in [0.2, 0.25) is 0 Å². The molecule has 2 aromatic rings. The number of amides is 1. The van der Waals surface area contributed by atoms with Crippen LogP contribution in [0, 0.1) is 5.92 Å². The van der Waals surface area contributed by atoms with Crippen LogP contribution >= 0.6 is 0 Å². The smallest absolute Gasteiger partial charge is 0.410 e. The number of carbonyl (C=O) groups is 2. The summed E-state index contributed by atoms with van der Waals surface area (Å²) in [6.07, 6.45) is 4.10. The van der Waals surface area contributed by atoms with Gasteiger partial charge in [-0.05, 0) is 51.7 Å².